The topological polar surface area (TPSA) is 0 Å². The molecule has 0 amide bonds. The Morgan fingerprint density at radius 2 is 1.40 bits per heavy atom. The summed E-state index contributed by atoms with van der Waals surface area (Å²) in [5, 5.41) is 0. The van der Waals surface area contributed by atoms with Crippen molar-refractivity contribution < 1.29 is 0 Å². The van der Waals surface area contributed by atoms with E-state index < -0.39 is 0 Å². The van der Waals surface area contributed by atoms with E-state index in [0.29, 0.717) is 0 Å². The molecule has 1 saturated heterocycles. The Kier molecular flexibility index (Phi) is 6.86. The second kappa shape index (κ2) is 6.41. The molecule has 0 aromatic rings. The van der Waals surface area contributed by atoms with Gasteiger partial charge in [0.25, 0.3) is 0 Å². The summed E-state index contributed by atoms with van der Waals surface area (Å²) in [6, 6.07) is 0. The van der Waals surface area contributed by atoms with Crippen molar-refractivity contribution in [1.82, 2.24) is 0 Å². The first kappa shape index (κ1) is 10.7. The number of hydrogen-bond donors (Lipinski definition) is 0. The summed E-state index contributed by atoms with van der Waals surface area (Å²) in [6.07, 6.45) is 0. The second-order valence-corrected chi connectivity index (χ2v) is 5.39. The van der Waals surface area contributed by atoms with Crippen molar-refractivity contribution >= 4 is 23.5 Å². The molecule has 0 N–H and O–H groups in total. The molecule has 2 heteroatoms. The highest BCUT2D eigenvalue weighted by atomic mass is 32.2. The van der Waals surface area contributed by atoms with Crippen LogP contribution in [0, 0.1) is 5.92 Å². The molecule has 0 nitrogen and oxygen atoms in total. The van der Waals surface area contributed by atoms with Crippen LogP contribution in [0.4, 0.5) is 0 Å². The number of rotatable bonds is 0. The minimum absolute atomic E-state index is 0.853. The SMILES string of the molecule is CC.CC1CSC(C)SC1. The first-order chi connectivity index (χ1) is 4.79. The summed E-state index contributed by atoms with van der Waals surface area (Å²) < 4.78 is 0.853. The second-order valence-electron chi connectivity index (χ2n) is 2.34. The van der Waals surface area contributed by atoms with Gasteiger partial charge < -0.3 is 0 Å². The smallest absolute Gasteiger partial charge is 0.0474 e. The Balaban J connectivity index is 0.000000371. The molecule has 1 rings (SSSR count). The Hall–Kier alpha value is 0.700. The molecule has 0 aliphatic carbocycles. The average molecular weight is 178 g/mol. The molecule has 0 radical (unpaired) electrons. The predicted octanol–water partition coefficient (Wildman–Crippen LogP) is 3.47. The fourth-order valence-corrected chi connectivity index (χ4v) is 3.14. The van der Waals surface area contributed by atoms with E-state index in [2.05, 4.69) is 37.4 Å². The van der Waals surface area contributed by atoms with Crippen LogP contribution in [0.15, 0.2) is 0 Å². The zero-order chi connectivity index (χ0) is 7.98. The maximum Gasteiger partial charge on any atom is 0.0474 e. The number of hydrogen-bond acceptors (Lipinski definition) is 2. The average Bonchev–Trinajstić information content (AvgIpc) is 2.00. The minimum Gasteiger partial charge on any atom is -0.148 e. The zero-order valence-electron chi connectivity index (χ0n) is 7.39. The molecule has 1 aliphatic rings. The van der Waals surface area contributed by atoms with E-state index in [4.69, 9.17) is 0 Å². The minimum atomic E-state index is 0.853. The number of thioether (sulfide) groups is 2. The first-order valence-electron chi connectivity index (χ1n) is 4.02. The van der Waals surface area contributed by atoms with Crippen LogP contribution < -0.4 is 0 Å². The molecule has 0 aromatic carbocycles. The van der Waals surface area contributed by atoms with Crippen molar-refractivity contribution in [2.24, 2.45) is 5.92 Å². The Morgan fingerprint density at radius 3 is 1.70 bits per heavy atom. The van der Waals surface area contributed by atoms with Gasteiger partial charge in [0.1, 0.15) is 0 Å². The van der Waals surface area contributed by atoms with E-state index in [1.807, 2.05) is 13.8 Å². The largest absolute Gasteiger partial charge is 0.148 e. The summed E-state index contributed by atoms with van der Waals surface area (Å²) in [5.74, 6) is 3.68. The molecule has 10 heavy (non-hydrogen) atoms. The molecule has 0 aromatic heterocycles. The predicted molar refractivity (Wildman–Crippen MR) is 54.9 cm³/mol. The molecule has 1 heterocycles. The van der Waals surface area contributed by atoms with Crippen LogP contribution in [0.5, 0.6) is 0 Å². The van der Waals surface area contributed by atoms with E-state index >= 15 is 0 Å². The van der Waals surface area contributed by atoms with Crippen LogP contribution in [-0.4, -0.2) is 16.1 Å². The maximum atomic E-state index is 2.33. The molecular weight excluding hydrogens is 160 g/mol. The van der Waals surface area contributed by atoms with Gasteiger partial charge in [-0.1, -0.05) is 20.8 Å². The molecule has 0 unspecified atom stereocenters. The van der Waals surface area contributed by atoms with Crippen molar-refractivity contribution in [1.29, 1.82) is 0 Å². The molecular formula is C8H18S2. The van der Waals surface area contributed by atoms with E-state index in [-0.39, 0.29) is 0 Å². The van der Waals surface area contributed by atoms with Crippen LogP contribution in [-0.2, 0) is 0 Å². The standard InChI is InChI=1S/C6H12S2.C2H6/c1-5-3-7-6(2)8-4-5;1-2/h5-6H,3-4H2,1-2H3;1-2H3. The van der Waals surface area contributed by atoms with Crippen molar-refractivity contribution in [2.75, 3.05) is 11.5 Å². The Bertz CT molecular complexity index is 55.7. The van der Waals surface area contributed by atoms with E-state index in [1.54, 1.807) is 0 Å². The highest BCUT2D eigenvalue weighted by Crippen LogP contribution is 2.32. The van der Waals surface area contributed by atoms with Crippen LogP contribution in [0.3, 0.4) is 0 Å². The Morgan fingerprint density at radius 1 is 1.00 bits per heavy atom. The van der Waals surface area contributed by atoms with E-state index in [9.17, 15) is 0 Å². The van der Waals surface area contributed by atoms with Gasteiger partial charge in [-0.3, -0.25) is 0 Å². The molecule has 62 valence electrons. The summed E-state index contributed by atoms with van der Waals surface area (Å²) in [4.78, 5) is 0. The van der Waals surface area contributed by atoms with Gasteiger partial charge in [0.15, 0.2) is 0 Å². The quantitative estimate of drug-likeness (QED) is 0.557. The lowest BCUT2D eigenvalue weighted by atomic mass is 10.3. The van der Waals surface area contributed by atoms with E-state index in [1.165, 1.54) is 11.5 Å². The molecule has 0 saturated carbocycles. The van der Waals surface area contributed by atoms with E-state index in [0.717, 1.165) is 10.5 Å². The zero-order valence-corrected chi connectivity index (χ0v) is 9.02. The van der Waals surface area contributed by atoms with Crippen LogP contribution in [0.25, 0.3) is 0 Å². The van der Waals surface area contributed by atoms with Gasteiger partial charge in [-0.2, -0.15) is 0 Å². The van der Waals surface area contributed by atoms with Crippen LogP contribution >= 0.6 is 23.5 Å². The van der Waals surface area contributed by atoms with Gasteiger partial charge in [-0.25, -0.2) is 0 Å². The highest BCUT2D eigenvalue weighted by Gasteiger charge is 2.13. The maximum absolute atomic E-state index is 2.33. The van der Waals surface area contributed by atoms with Crippen LogP contribution in [0.1, 0.15) is 27.7 Å². The third-order valence-corrected chi connectivity index (χ3v) is 4.51. The third-order valence-electron chi connectivity index (χ3n) is 1.23. The monoisotopic (exact) mass is 178 g/mol. The molecule has 0 bridgehead atoms. The summed E-state index contributed by atoms with van der Waals surface area (Å²) in [5.41, 5.74) is 0. The van der Waals surface area contributed by atoms with Gasteiger partial charge in [-0.15, -0.1) is 23.5 Å². The van der Waals surface area contributed by atoms with Gasteiger partial charge in [0, 0.05) is 4.58 Å². The van der Waals surface area contributed by atoms with Gasteiger partial charge in [0.05, 0.1) is 0 Å². The molecule has 1 aliphatic heterocycles. The lowest BCUT2D eigenvalue weighted by Crippen LogP contribution is -2.11. The fraction of sp³-hybridized carbons (Fsp3) is 1.00. The van der Waals surface area contributed by atoms with Gasteiger partial charge in [0.2, 0.25) is 0 Å². The highest BCUT2D eigenvalue weighted by molar-refractivity contribution is 8.17. The van der Waals surface area contributed by atoms with Crippen molar-refractivity contribution in [3.8, 4) is 0 Å². The third kappa shape index (κ3) is 4.51. The molecule has 0 spiro atoms. The first-order valence-corrected chi connectivity index (χ1v) is 6.12. The molecule has 1 fully saturated rings. The van der Waals surface area contributed by atoms with Crippen molar-refractivity contribution in [3.63, 3.8) is 0 Å². The molecule has 0 atom stereocenters. The Labute approximate surface area is 73.5 Å². The fourth-order valence-electron chi connectivity index (χ4n) is 0.696. The lowest BCUT2D eigenvalue weighted by Gasteiger charge is -2.21. The lowest BCUT2D eigenvalue weighted by molar-refractivity contribution is 0.757. The van der Waals surface area contributed by atoms with Gasteiger partial charge >= 0.3 is 0 Å². The summed E-state index contributed by atoms with van der Waals surface area (Å²) in [7, 11) is 0. The summed E-state index contributed by atoms with van der Waals surface area (Å²) >= 11 is 4.18. The van der Waals surface area contributed by atoms with Crippen molar-refractivity contribution in [2.45, 2.75) is 32.3 Å². The normalized spacial score (nSPS) is 32.4. The summed E-state index contributed by atoms with van der Waals surface area (Å²) in [6.45, 7) is 8.62. The van der Waals surface area contributed by atoms with Crippen molar-refractivity contribution in [3.05, 3.63) is 0 Å². The van der Waals surface area contributed by atoms with Gasteiger partial charge in [-0.05, 0) is 24.3 Å². The van der Waals surface area contributed by atoms with Crippen LogP contribution in [0.2, 0.25) is 0 Å².